The van der Waals surface area contributed by atoms with Crippen molar-refractivity contribution in [3.8, 4) is 11.5 Å². The van der Waals surface area contributed by atoms with Crippen LogP contribution in [0.4, 0.5) is 5.69 Å². The number of hydrogen-bond donors (Lipinski definition) is 1. The van der Waals surface area contributed by atoms with Crippen molar-refractivity contribution in [2.24, 2.45) is 0 Å². The Hall–Kier alpha value is -3.27. The van der Waals surface area contributed by atoms with E-state index < -0.39 is 16.1 Å². The Kier molecular flexibility index (Phi) is 9.19. The predicted octanol–water partition coefficient (Wildman–Crippen LogP) is 3.21. The van der Waals surface area contributed by atoms with Crippen LogP contribution in [0, 0.1) is 6.92 Å². The number of sulfonamides is 1. The van der Waals surface area contributed by atoms with Gasteiger partial charge in [0.25, 0.3) is 0 Å². The fourth-order valence-corrected chi connectivity index (χ4v) is 4.99. The van der Waals surface area contributed by atoms with Crippen molar-refractivity contribution in [3.63, 3.8) is 0 Å². The van der Waals surface area contributed by atoms with E-state index in [0.717, 1.165) is 23.8 Å². The summed E-state index contributed by atoms with van der Waals surface area (Å²) in [7, 11) is -3.60. The average Bonchev–Trinajstić information content (AvgIpc) is 3.30. The first-order valence-corrected chi connectivity index (χ1v) is 13.9. The van der Waals surface area contributed by atoms with Crippen LogP contribution in [-0.4, -0.2) is 57.3 Å². The Balaban J connectivity index is 1.72. The summed E-state index contributed by atoms with van der Waals surface area (Å²) in [5.74, 6) is 0.615. The first kappa shape index (κ1) is 27.3. The molecule has 2 aromatic rings. The molecular weight excluding hydrogens is 482 g/mol. The van der Waals surface area contributed by atoms with Gasteiger partial charge < -0.3 is 19.7 Å². The van der Waals surface area contributed by atoms with E-state index in [2.05, 4.69) is 5.32 Å². The summed E-state index contributed by atoms with van der Waals surface area (Å²) < 4.78 is 37.0. The van der Waals surface area contributed by atoms with Gasteiger partial charge >= 0.3 is 0 Å². The van der Waals surface area contributed by atoms with Crippen LogP contribution in [0.5, 0.6) is 11.5 Å². The minimum atomic E-state index is -3.60. The standard InChI is InChI=1S/C26H35N3O6S/c1-5-13-27-26(31)20(3)28(17-21-9-6-8-19(2)15-21)25(30)10-7-14-29(36(4,32)33)22-11-12-23-24(16-22)35-18-34-23/h6,8-9,11-12,15-16,20H,5,7,10,13-14,17-18H2,1-4H3,(H,27,31)/t20-/m1/s1. The summed E-state index contributed by atoms with van der Waals surface area (Å²) in [5.41, 5.74) is 2.44. The van der Waals surface area contributed by atoms with Crippen LogP contribution in [0.2, 0.25) is 0 Å². The van der Waals surface area contributed by atoms with Crippen LogP contribution >= 0.6 is 0 Å². The minimum absolute atomic E-state index is 0.0902. The third-order valence-corrected chi connectivity index (χ3v) is 7.14. The minimum Gasteiger partial charge on any atom is -0.454 e. The van der Waals surface area contributed by atoms with E-state index in [1.54, 1.807) is 30.0 Å². The summed E-state index contributed by atoms with van der Waals surface area (Å²) in [6.07, 6.45) is 2.30. The van der Waals surface area contributed by atoms with Crippen molar-refractivity contribution < 1.29 is 27.5 Å². The lowest BCUT2D eigenvalue weighted by atomic mass is 10.1. The number of benzene rings is 2. The van der Waals surface area contributed by atoms with Gasteiger partial charge in [-0.15, -0.1) is 0 Å². The van der Waals surface area contributed by atoms with Gasteiger partial charge in [-0.25, -0.2) is 8.42 Å². The molecule has 196 valence electrons. The van der Waals surface area contributed by atoms with Crippen LogP contribution < -0.4 is 19.1 Å². The van der Waals surface area contributed by atoms with Gasteiger partial charge in [0, 0.05) is 32.1 Å². The van der Waals surface area contributed by atoms with Crippen molar-refractivity contribution in [3.05, 3.63) is 53.6 Å². The molecule has 3 rings (SSSR count). The molecule has 0 aliphatic carbocycles. The van der Waals surface area contributed by atoms with Crippen molar-refractivity contribution in [2.45, 2.75) is 52.6 Å². The van der Waals surface area contributed by atoms with Crippen LogP contribution in [-0.2, 0) is 26.2 Å². The third-order valence-electron chi connectivity index (χ3n) is 5.95. The normalized spacial score (nSPS) is 13.2. The number of amides is 2. The monoisotopic (exact) mass is 517 g/mol. The number of nitrogens with zero attached hydrogens (tertiary/aromatic N) is 2. The second-order valence-corrected chi connectivity index (χ2v) is 10.9. The molecule has 9 nitrogen and oxygen atoms in total. The van der Waals surface area contributed by atoms with E-state index in [4.69, 9.17) is 9.47 Å². The van der Waals surface area contributed by atoms with Crippen LogP contribution in [0.15, 0.2) is 42.5 Å². The maximum atomic E-state index is 13.3. The van der Waals surface area contributed by atoms with Crippen molar-refractivity contribution in [1.82, 2.24) is 10.2 Å². The Labute approximate surface area is 213 Å². The van der Waals surface area contributed by atoms with E-state index in [9.17, 15) is 18.0 Å². The van der Waals surface area contributed by atoms with Gasteiger partial charge in [-0.05, 0) is 44.4 Å². The first-order valence-electron chi connectivity index (χ1n) is 12.1. The number of rotatable bonds is 12. The summed E-state index contributed by atoms with van der Waals surface area (Å²) in [6, 6.07) is 12.1. The van der Waals surface area contributed by atoms with Gasteiger partial charge in [-0.1, -0.05) is 36.8 Å². The quantitative estimate of drug-likeness (QED) is 0.464. The predicted molar refractivity (Wildman–Crippen MR) is 138 cm³/mol. The van der Waals surface area contributed by atoms with Crippen molar-refractivity contribution >= 4 is 27.5 Å². The molecule has 2 aromatic carbocycles. The molecule has 1 aliphatic rings. The number of aryl methyl sites for hydroxylation is 1. The molecule has 0 saturated carbocycles. The highest BCUT2D eigenvalue weighted by molar-refractivity contribution is 7.92. The molecule has 1 aliphatic heterocycles. The van der Waals surface area contributed by atoms with Gasteiger partial charge in [0.1, 0.15) is 6.04 Å². The molecule has 0 bridgehead atoms. The third kappa shape index (κ3) is 7.13. The number of fused-ring (bicyclic) bond motifs is 1. The van der Waals surface area contributed by atoms with Crippen LogP contribution in [0.1, 0.15) is 44.2 Å². The fraction of sp³-hybridized carbons (Fsp3) is 0.462. The molecule has 0 radical (unpaired) electrons. The lowest BCUT2D eigenvalue weighted by molar-refractivity contribution is -0.140. The van der Waals surface area contributed by atoms with Crippen molar-refractivity contribution in [2.75, 3.05) is 30.4 Å². The van der Waals surface area contributed by atoms with E-state index in [-0.39, 0.29) is 38.0 Å². The van der Waals surface area contributed by atoms with Crippen molar-refractivity contribution in [1.29, 1.82) is 0 Å². The van der Waals surface area contributed by atoms with E-state index in [1.807, 2.05) is 38.1 Å². The Morgan fingerprint density at radius 2 is 1.86 bits per heavy atom. The Morgan fingerprint density at radius 1 is 1.11 bits per heavy atom. The SMILES string of the molecule is CCCNC(=O)[C@@H](C)N(Cc1cccc(C)c1)C(=O)CCCN(c1ccc2c(c1)OCO2)S(C)(=O)=O. The lowest BCUT2D eigenvalue weighted by Gasteiger charge is -2.29. The summed E-state index contributed by atoms with van der Waals surface area (Å²) >= 11 is 0. The number of carbonyl (C=O) groups excluding carboxylic acids is 2. The zero-order chi connectivity index (χ0) is 26.3. The highest BCUT2D eigenvalue weighted by Crippen LogP contribution is 2.36. The average molecular weight is 518 g/mol. The van der Waals surface area contributed by atoms with E-state index in [0.29, 0.717) is 30.3 Å². The van der Waals surface area contributed by atoms with Crippen LogP contribution in [0.25, 0.3) is 0 Å². The van der Waals surface area contributed by atoms with E-state index in [1.165, 1.54) is 4.31 Å². The smallest absolute Gasteiger partial charge is 0.242 e. The number of anilines is 1. The molecule has 0 saturated heterocycles. The molecule has 1 heterocycles. The maximum absolute atomic E-state index is 13.3. The van der Waals surface area contributed by atoms with Gasteiger partial charge in [-0.3, -0.25) is 13.9 Å². The number of hydrogen-bond acceptors (Lipinski definition) is 6. The number of carbonyl (C=O) groups is 2. The molecule has 10 heteroatoms. The largest absolute Gasteiger partial charge is 0.454 e. The molecule has 36 heavy (non-hydrogen) atoms. The zero-order valence-electron chi connectivity index (χ0n) is 21.3. The van der Waals surface area contributed by atoms with Gasteiger partial charge in [0.2, 0.25) is 28.6 Å². The molecule has 0 aromatic heterocycles. The number of ether oxygens (including phenoxy) is 2. The summed E-state index contributed by atoms with van der Waals surface area (Å²) in [4.78, 5) is 27.6. The second-order valence-electron chi connectivity index (χ2n) is 8.95. The molecule has 0 fully saturated rings. The molecule has 2 amide bonds. The molecule has 1 N–H and O–H groups in total. The van der Waals surface area contributed by atoms with Gasteiger partial charge in [0.05, 0.1) is 11.9 Å². The van der Waals surface area contributed by atoms with Crippen LogP contribution in [0.3, 0.4) is 0 Å². The molecule has 0 unspecified atom stereocenters. The fourth-order valence-electron chi connectivity index (χ4n) is 4.03. The topological polar surface area (TPSA) is 105 Å². The zero-order valence-corrected chi connectivity index (χ0v) is 22.1. The van der Waals surface area contributed by atoms with Gasteiger partial charge in [0.15, 0.2) is 11.5 Å². The highest BCUT2D eigenvalue weighted by Gasteiger charge is 2.27. The summed E-state index contributed by atoms with van der Waals surface area (Å²) in [6.45, 7) is 6.69. The molecular formula is C26H35N3O6S. The maximum Gasteiger partial charge on any atom is 0.242 e. The lowest BCUT2D eigenvalue weighted by Crippen LogP contribution is -2.47. The number of nitrogens with one attached hydrogen (secondary N) is 1. The molecule has 0 spiro atoms. The Morgan fingerprint density at radius 3 is 2.56 bits per heavy atom. The van der Waals surface area contributed by atoms with Gasteiger partial charge in [-0.2, -0.15) is 0 Å². The first-order chi connectivity index (χ1) is 17.1. The second kappa shape index (κ2) is 12.1. The molecule has 1 atom stereocenters. The Bertz CT molecular complexity index is 1180. The highest BCUT2D eigenvalue weighted by atomic mass is 32.2. The summed E-state index contributed by atoms with van der Waals surface area (Å²) in [5, 5.41) is 2.86. The van der Waals surface area contributed by atoms with E-state index >= 15 is 0 Å².